The molecule has 130 valence electrons. The lowest BCUT2D eigenvalue weighted by atomic mass is 9.84. The van der Waals surface area contributed by atoms with Crippen molar-refractivity contribution in [2.75, 3.05) is 0 Å². The Kier molecular flexibility index (Phi) is 4.68. The van der Waals surface area contributed by atoms with Gasteiger partial charge in [0, 0.05) is 12.0 Å². The van der Waals surface area contributed by atoms with Gasteiger partial charge in [-0.15, -0.1) is 0 Å². The predicted molar refractivity (Wildman–Crippen MR) is 103 cm³/mol. The normalized spacial score (nSPS) is 18.5. The highest BCUT2D eigenvalue weighted by molar-refractivity contribution is 5.96. The summed E-state index contributed by atoms with van der Waals surface area (Å²) in [6.45, 7) is 0. The minimum atomic E-state index is -0.468. The molecule has 2 nitrogen and oxygen atoms in total. The molecule has 2 heteroatoms. The average Bonchev–Trinajstić information content (AvgIpc) is 3.15. The molecule has 0 aromatic heterocycles. The van der Waals surface area contributed by atoms with Gasteiger partial charge in [0.1, 0.15) is 5.60 Å². The van der Waals surface area contributed by atoms with E-state index in [4.69, 9.17) is 4.74 Å². The van der Waals surface area contributed by atoms with Crippen LogP contribution < -0.4 is 0 Å². The largest absolute Gasteiger partial charge is 0.362 e. The van der Waals surface area contributed by atoms with Crippen LogP contribution in [0.1, 0.15) is 40.7 Å². The number of hydrogen-bond acceptors (Lipinski definition) is 2. The molecule has 1 aliphatic rings. The van der Waals surface area contributed by atoms with Crippen LogP contribution in [-0.2, 0) is 10.3 Å². The first-order valence-corrected chi connectivity index (χ1v) is 9.15. The van der Waals surface area contributed by atoms with Gasteiger partial charge in [0.2, 0.25) is 0 Å². The molecule has 0 aliphatic carbocycles. The Bertz CT molecular complexity index is 817. The van der Waals surface area contributed by atoms with E-state index in [1.807, 2.05) is 66.7 Å². The van der Waals surface area contributed by atoms with Crippen LogP contribution in [-0.4, -0.2) is 11.9 Å². The Morgan fingerprint density at radius 3 is 1.85 bits per heavy atom. The van der Waals surface area contributed by atoms with Crippen LogP contribution in [0.4, 0.5) is 0 Å². The van der Waals surface area contributed by atoms with Gasteiger partial charge in [-0.1, -0.05) is 91.0 Å². The van der Waals surface area contributed by atoms with E-state index >= 15 is 0 Å². The maximum atomic E-state index is 12.6. The molecular weight excluding hydrogens is 320 g/mol. The van der Waals surface area contributed by atoms with Gasteiger partial charge >= 0.3 is 0 Å². The number of hydrogen-bond donors (Lipinski definition) is 0. The second kappa shape index (κ2) is 7.27. The first-order chi connectivity index (χ1) is 12.8. The molecule has 0 saturated carbocycles. The summed E-state index contributed by atoms with van der Waals surface area (Å²) >= 11 is 0. The Balaban J connectivity index is 1.61. The van der Waals surface area contributed by atoms with Gasteiger partial charge in [-0.3, -0.25) is 4.79 Å². The van der Waals surface area contributed by atoms with Gasteiger partial charge in [-0.2, -0.15) is 0 Å². The van der Waals surface area contributed by atoms with Gasteiger partial charge in [0.05, 0.1) is 6.10 Å². The second-order valence-electron chi connectivity index (χ2n) is 6.83. The summed E-state index contributed by atoms with van der Waals surface area (Å²) in [5.74, 6) is 0.146. The van der Waals surface area contributed by atoms with Crippen LogP contribution in [0.15, 0.2) is 91.0 Å². The fourth-order valence-corrected chi connectivity index (χ4v) is 3.87. The molecule has 3 aromatic rings. The van der Waals surface area contributed by atoms with Crippen LogP contribution in [0.2, 0.25) is 0 Å². The Hall–Kier alpha value is -2.71. The van der Waals surface area contributed by atoms with E-state index in [0.29, 0.717) is 6.42 Å². The first-order valence-electron chi connectivity index (χ1n) is 9.15. The maximum absolute atomic E-state index is 12.6. The van der Waals surface area contributed by atoms with Crippen molar-refractivity contribution in [3.63, 3.8) is 0 Å². The molecule has 0 N–H and O–H groups in total. The van der Waals surface area contributed by atoms with Gasteiger partial charge in [-0.25, -0.2) is 0 Å². The van der Waals surface area contributed by atoms with E-state index in [1.165, 1.54) is 0 Å². The van der Waals surface area contributed by atoms with Gasteiger partial charge < -0.3 is 4.74 Å². The zero-order valence-corrected chi connectivity index (χ0v) is 14.7. The van der Waals surface area contributed by atoms with E-state index in [0.717, 1.165) is 29.5 Å². The molecule has 1 unspecified atom stereocenters. The fraction of sp³-hybridized carbons (Fsp3) is 0.208. The molecule has 1 atom stereocenters. The third-order valence-electron chi connectivity index (χ3n) is 5.18. The number of rotatable bonds is 5. The first kappa shape index (κ1) is 16.7. The molecular formula is C24H22O2. The Morgan fingerprint density at radius 1 is 0.808 bits per heavy atom. The van der Waals surface area contributed by atoms with E-state index < -0.39 is 5.60 Å². The van der Waals surface area contributed by atoms with Crippen molar-refractivity contribution in [2.24, 2.45) is 0 Å². The average molecular weight is 342 g/mol. The predicted octanol–water partition coefficient (Wildman–Crippen LogP) is 5.38. The van der Waals surface area contributed by atoms with Crippen LogP contribution in [0.5, 0.6) is 0 Å². The van der Waals surface area contributed by atoms with E-state index in [2.05, 4.69) is 24.3 Å². The summed E-state index contributed by atoms with van der Waals surface area (Å²) in [6.07, 6.45) is 2.12. The number of benzene rings is 3. The van der Waals surface area contributed by atoms with E-state index in [1.54, 1.807) is 0 Å². The summed E-state index contributed by atoms with van der Waals surface area (Å²) < 4.78 is 6.59. The van der Waals surface area contributed by atoms with Crippen molar-refractivity contribution in [1.29, 1.82) is 0 Å². The smallest absolute Gasteiger partial charge is 0.165 e. The monoisotopic (exact) mass is 342 g/mol. The lowest BCUT2D eigenvalue weighted by Gasteiger charge is -2.31. The SMILES string of the molecule is O=C(CC1CCC(c2ccccc2)(c2ccccc2)O1)c1ccccc1. The molecule has 26 heavy (non-hydrogen) atoms. The number of ketones is 1. The lowest BCUT2D eigenvalue weighted by Crippen LogP contribution is -2.28. The van der Waals surface area contributed by atoms with Gasteiger partial charge in [0.25, 0.3) is 0 Å². The van der Waals surface area contributed by atoms with Crippen molar-refractivity contribution >= 4 is 5.78 Å². The summed E-state index contributed by atoms with van der Waals surface area (Å²) in [5.41, 5.74) is 2.60. The minimum Gasteiger partial charge on any atom is -0.362 e. The highest BCUT2D eigenvalue weighted by Gasteiger charge is 2.43. The van der Waals surface area contributed by atoms with Gasteiger partial charge in [0.15, 0.2) is 5.78 Å². The van der Waals surface area contributed by atoms with Crippen molar-refractivity contribution < 1.29 is 9.53 Å². The lowest BCUT2D eigenvalue weighted by molar-refractivity contribution is -0.0170. The van der Waals surface area contributed by atoms with Crippen molar-refractivity contribution in [2.45, 2.75) is 31.0 Å². The zero-order chi connectivity index (χ0) is 17.8. The van der Waals surface area contributed by atoms with E-state index in [-0.39, 0.29) is 11.9 Å². The number of carbonyl (C=O) groups excluding carboxylic acids is 1. The molecule has 0 spiro atoms. The van der Waals surface area contributed by atoms with Gasteiger partial charge in [-0.05, 0) is 24.0 Å². The fourth-order valence-electron chi connectivity index (χ4n) is 3.87. The molecule has 0 bridgehead atoms. The summed E-state index contributed by atoms with van der Waals surface area (Å²) in [4.78, 5) is 12.6. The van der Waals surface area contributed by atoms with Crippen molar-refractivity contribution in [3.8, 4) is 0 Å². The Morgan fingerprint density at radius 2 is 1.31 bits per heavy atom. The molecule has 0 radical (unpaired) electrons. The zero-order valence-electron chi connectivity index (χ0n) is 14.7. The van der Waals surface area contributed by atoms with Crippen LogP contribution in [0.25, 0.3) is 0 Å². The molecule has 4 rings (SSSR count). The standard InChI is InChI=1S/C24H22O2/c25-23(19-10-4-1-5-11-19)18-22-16-17-24(26-22,20-12-6-2-7-13-20)21-14-8-3-9-15-21/h1-15,22H,16-18H2. The molecule has 1 fully saturated rings. The summed E-state index contributed by atoms with van der Waals surface area (Å²) in [6, 6.07) is 30.2. The quantitative estimate of drug-likeness (QED) is 0.582. The molecule has 1 saturated heterocycles. The highest BCUT2D eigenvalue weighted by Crippen LogP contribution is 2.45. The molecule has 1 heterocycles. The minimum absolute atomic E-state index is 0.0666. The van der Waals surface area contributed by atoms with Crippen LogP contribution >= 0.6 is 0 Å². The third kappa shape index (κ3) is 3.21. The van der Waals surface area contributed by atoms with E-state index in [9.17, 15) is 4.79 Å². The molecule has 0 amide bonds. The highest BCUT2D eigenvalue weighted by atomic mass is 16.5. The third-order valence-corrected chi connectivity index (χ3v) is 5.18. The van der Waals surface area contributed by atoms with Crippen LogP contribution in [0, 0.1) is 0 Å². The maximum Gasteiger partial charge on any atom is 0.165 e. The van der Waals surface area contributed by atoms with Crippen LogP contribution in [0.3, 0.4) is 0 Å². The molecule has 1 aliphatic heterocycles. The summed E-state index contributed by atoms with van der Waals surface area (Å²) in [7, 11) is 0. The number of carbonyl (C=O) groups is 1. The summed E-state index contributed by atoms with van der Waals surface area (Å²) in [5, 5.41) is 0. The topological polar surface area (TPSA) is 26.3 Å². The number of Topliss-reactive ketones (excluding diaryl/α,β-unsaturated/α-hetero) is 1. The van der Waals surface area contributed by atoms with Crippen molar-refractivity contribution in [1.82, 2.24) is 0 Å². The van der Waals surface area contributed by atoms with Crippen molar-refractivity contribution in [3.05, 3.63) is 108 Å². The second-order valence-corrected chi connectivity index (χ2v) is 6.83. The Labute approximate surface area is 154 Å². The number of ether oxygens (including phenoxy) is 1. The molecule has 3 aromatic carbocycles.